The first-order valence-electron chi connectivity index (χ1n) is 11.0. The van der Waals surface area contributed by atoms with Crippen LogP contribution in [0.25, 0.3) is 0 Å². The molecule has 0 saturated carbocycles. The number of carbonyl (C=O) groups excluding carboxylic acids is 2. The highest BCUT2D eigenvalue weighted by Gasteiger charge is 2.41. The number of nitrogens with zero attached hydrogens (tertiary/aromatic N) is 1. The number of alkyl halides is 3. The van der Waals surface area contributed by atoms with Crippen LogP contribution in [-0.2, 0) is 11.0 Å². The number of amides is 2. The van der Waals surface area contributed by atoms with Crippen LogP contribution in [0.2, 0.25) is 0 Å². The highest BCUT2D eigenvalue weighted by Crippen LogP contribution is 2.37. The minimum atomic E-state index is -4.49. The normalized spacial score (nSPS) is 18.5. The first kappa shape index (κ1) is 24.6. The van der Waals surface area contributed by atoms with Gasteiger partial charge in [0.2, 0.25) is 5.91 Å². The zero-order chi connectivity index (χ0) is 24.2. The molecule has 1 aliphatic heterocycles. The average Bonchev–Trinajstić information content (AvgIpc) is 3.23. The number of hydrogen-bond donors (Lipinski definition) is 1. The van der Waals surface area contributed by atoms with Crippen molar-refractivity contribution in [2.75, 3.05) is 26.7 Å². The number of carbonyl (C=O) groups is 2. The van der Waals surface area contributed by atoms with Crippen molar-refractivity contribution in [3.63, 3.8) is 0 Å². The predicted molar refractivity (Wildman–Crippen MR) is 119 cm³/mol. The molecular weight excluding hydrogens is 433 g/mol. The van der Waals surface area contributed by atoms with Gasteiger partial charge in [-0.25, -0.2) is 0 Å². The lowest BCUT2D eigenvalue weighted by Crippen LogP contribution is -2.36. The van der Waals surface area contributed by atoms with Crippen molar-refractivity contribution in [1.29, 1.82) is 0 Å². The number of nitrogens with one attached hydrogen (secondary N) is 1. The van der Waals surface area contributed by atoms with Gasteiger partial charge in [0.25, 0.3) is 5.91 Å². The molecule has 0 aliphatic carbocycles. The van der Waals surface area contributed by atoms with Crippen molar-refractivity contribution < 1.29 is 27.5 Å². The summed E-state index contributed by atoms with van der Waals surface area (Å²) in [6.07, 6.45) is -3.70. The van der Waals surface area contributed by atoms with Crippen LogP contribution in [-0.4, -0.2) is 43.5 Å². The number of likely N-dealkylation sites (tertiary alicyclic amines) is 1. The van der Waals surface area contributed by atoms with E-state index in [1.54, 1.807) is 30.3 Å². The molecule has 33 heavy (non-hydrogen) atoms. The Labute approximate surface area is 191 Å². The largest absolute Gasteiger partial charge is 0.497 e. The summed E-state index contributed by atoms with van der Waals surface area (Å²) in [5.41, 5.74) is 0.0318. The summed E-state index contributed by atoms with van der Waals surface area (Å²) < 4.78 is 45.1. The summed E-state index contributed by atoms with van der Waals surface area (Å²) in [6, 6.07) is 11.7. The van der Waals surface area contributed by atoms with Crippen LogP contribution >= 0.6 is 0 Å². The third kappa shape index (κ3) is 6.06. The summed E-state index contributed by atoms with van der Waals surface area (Å²) >= 11 is 0. The van der Waals surface area contributed by atoms with Crippen LogP contribution in [0.5, 0.6) is 5.75 Å². The van der Waals surface area contributed by atoms with E-state index in [9.17, 15) is 22.8 Å². The molecule has 2 amide bonds. The Bertz CT molecular complexity index is 991. The Hall–Kier alpha value is -3.03. The highest BCUT2D eigenvalue weighted by molar-refractivity contribution is 5.95. The van der Waals surface area contributed by atoms with E-state index in [0.717, 1.165) is 18.6 Å². The van der Waals surface area contributed by atoms with Gasteiger partial charge in [0.15, 0.2) is 0 Å². The molecule has 0 spiro atoms. The number of rotatable bonds is 7. The molecular formula is C25H29F3N2O3. The van der Waals surface area contributed by atoms with Crippen LogP contribution < -0.4 is 10.1 Å². The quantitative estimate of drug-likeness (QED) is 0.647. The Morgan fingerprint density at radius 3 is 2.52 bits per heavy atom. The van der Waals surface area contributed by atoms with Crippen LogP contribution in [0.4, 0.5) is 13.2 Å². The van der Waals surface area contributed by atoms with Crippen molar-refractivity contribution >= 4 is 11.8 Å². The molecule has 0 aromatic heterocycles. The zero-order valence-corrected chi connectivity index (χ0v) is 19.0. The molecule has 178 valence electrons. The third-order valence-corrected chi connectivity index (χ3v) is 5.92. The van der Waals surface area contributed by atoms with Gasteiger partial charge in [-0.2, -0.15) is 13.2 Å². The minimum Gasteiger partial charge on any atom is -0.497 e. The van der Waals surface area contributed by atoms with Crippen molar-refractivity contribution in [2.24, 2.45) is 11.8 Å². The second-order valence-corrected chi connectivity index (χ2v) is 8.75. The molecule has 2 atom stereocenters. The maximum atomic E-state index is 13.3. The molecule has 2 aromatic rings. The SMILES string of the molecule is COc1cccc(C(=O)N2CC(C(=O)NCCC(C)C)C(c3cccc(C(F)(F)F)c3)C2)c1. The summed E-state index contributed by atoms with van der Waals surface area (Å²) in [6.45, 7) is 4.85. The van der Waals surface area contributed by atoms with Gasteiger partial charge in [0, 0.05) is 31.1 Å². The zero-order valence-electron chi connectivity index (χ0n) is 19.0. The smallest absolute Gasteiger partial charge is 0.416 e. The van der Waals surface area contributed by atoms with E-state index >= 15 is 0 Å². The number of halogens is 3. The van der Waals surface area contributed by atoms with Crippen LogP contribution in [0.1, 0.15) is 47.7 Å². The standard InChI is InChI=1S/C25H29F3N2O3/c1-16(2)10-11-29-23(31)22-15-30(24(32)18-7-5-9-20(13-18)33-3)14-21(22)17-6-4-8-19(12-17)25(26,27)28/h4-9,12-13,16,21-22H,10-11,14-15H2,1-3H3,(H,29,31). The van der Waals surface area contributed by atoms with Crippen LogP contribution in [0.3, 0.4) is 0 Å². The monoisotopic (exact) mass is 462 g/mol. The van der Waals surface area contributed by atoms with Gasteiger partial charge in [0.1, 0.15) is 5.75 Å². The Balaban J connectivity index is 1.88. The van der Waals surface area contributed by atoms with Gasteiger partial charge < -0.3 is 15.0 Å². The molecule has 2 aromatic carbocycles. The lowest BCUT2D eigenvalue weighted by Gasteiger charge is -2.19. The topological polar surface area (TPSA) is 58.6 Å². The van der Waals surface area contributed by atoms with E-state index in [-0.39, 0.29) is 24.9 Å². The molecule has 1 heterocycles. The van der Waals surface area contributed by atoms with Crippen LogP contribution in [0, 0.1) is 11.8 Å². The van der Waals surface area contributed by atoms with Crippen molar-refractivity contribution in [3.8, 4) is 5.75 Å². The molecule has 5 nitrogen and oxygen atoms in total. The maximum absolute atomic E-state index is 13.3. The fraction of sp³-hybridized carbons (Fsp3) is 0.440. The molecule has 8 heteroatoms. The lowest BCUT2D eigenvalue weighted by atomic mass is 9.87. The van der Waals surface area contributed by atoms with E-state index in [2.05, 4.69) is 5.32 Å². The van der Waals surface area contributed by atoms with Crippen LogP contribution in [0.15, 0.2) is 48.5 Å². The van der Waals surface area contributed by atoms with Crippen molar-refractivity contribution in [3.05, 3.63) is 65.2 Å². The van der Waals surface area contributed by atoms with Crippen molar-refractivity contribution in [2.45, 2.75) is 32.4 Å². The van der Waals surface area contributed by atoms with Gasteiger partial charge >= 0.3 is 6.18 Å². The Morgan fingerprint density at radius 1 is 1.12 bits per heavy atom. The molecule has 1 fully saturated rings. The maximum Gasteiger partial charge on any atom is 0.416 e. The van der Waals surface area contributed by atoms with E-state index in [1.165, 1.54) is 18.1 Å². The summed E-state index contributed by atoms with van der Waals surface area (Å²) in [5.74, 6) is -0.796. The molecule has 0 radical (unpaired) electrons. The fourth-order valence-corrected chi connectivity index (χ4v) is 4.07. The molecule has 2 unspecified atom stereocenters. The van der Waals surface area contributed by atoms with Gasteiger partial charge in [-0.15, -0.1) is 0 Å². The predicted octanol–water partition coefficient (Wildman–Crippen LogP) is 4.73. The molecule has 1 saturated heterocycles. The van der Waals surface area contributed by atoms with E-state index < -0.39 is 23.6 Å². The summed E-state index contributed by atoms with van der Waals surface area (Å²) in [7, 11) is 1.50. The highest BCUT2D eigenvalue weighted by atomic mass is 19.4. The first-order chi connectivity index (χ1) is 15.6. The van der Waals surface area contributed by atoms with Gasteiger partial charge in [-0.1, -0.05) is 38.1 Å². The van der Waals surface area contributed by atoms with Crippen molar-refractivity contribution in [1.82, 2.24) is 10.2 Å². The Morgan fingerprint density at radius 2 is 1.85 bits per heavy atom. The van der Waals surface area contributed by atoms with Gasteiger partial charge in [-0.05, 0) is 42.2 Å². The molecule has 1 N–H and O–H groups in total. The number of hydrogen-bond acceptors (Lipinski definition) is 3. The number of benzene rings is 2. The second kappa shape index (κ2) is 10.3. The average molecular weight is 463 g/mol. The third-order valence-electron chi connectivity index (χ3n) is 5.92. The van der Waals surface area contributed by atoms with Gasteiger partial charge in [0.05, 0.1) is 18.6 Å². The summed E-state index contributed by atoms with van der Waals surface area (Å²) in [4.78, 5) is 27.7. The lowest BCUT2D eigenvalue weighted by molar-refractivity contribution is -0.137. The number of ether oxygens (including phenoxy) is 1. The van der Waals surface area contributed by atoms with E-state index in [4.69, 9.17) is 4.74 Å². The molecule has 0 bridgehead atoms. The summed E-state index contributed by atoms with van der Waals surface area (Å²) in [5, 5.41) is 2.90. The Kier molecular flexibility index (Phi) is 7.66. The van der Waals surface area contributed by atoms with Gasteiger partial charge in [-0.3, -0.25) is 9.59 Å². The molecule has 3 rings (SSSR count). The molecule has 1 aliphatic rings. The minimum absolute atomic E-state index is 0.129. The number of methoxy groups -OCH3 is 1. The van der Waals surface area contributed by atoms with E-state index in [0.29, 0.717) is 29.3 Å². The second-order valence-electron chi connectivity index (χ2n) is 8.75. The fourth-order valence-electron chi connectivity index (χ4n) is 4.07. The first-order valence-corrected chi connectivity index (χ1v) is 11.0. The van der Waals surface area contributed by atoms with E-state index in [1.807, 2.05) is 13.8 Å².